The van der Waals surface area contributed by atoms with Crippen molar-refractivity contribution in [3.63, 3.8) is 0 Å². The maximum atomic E-state index is 4.68. The lowest BCUT2D eigenvalue weighted by Crippen LogP contribution is -2.30. The van der Waals surface area contributed by atoms with E-state index < -0.39 is 0 Å². The van der Waals surface area contributed by atoms with E-state index in [4.69, 9.17) is 0 Å². The van der Waals surface area contributed by atoms with Crippen LogP contribution >= 0.6 is 11.8 Å². The third kappa shape index (κ3) is 3.78. The highest BCUT2D eigenvalue weighted by atomic mass is 32.2. The molecule has 1 unspecified atom stereocenters. The predicted molar refractivity (Wildman–Crippen MR) is 91.3 cm³/mol. The monoisotopic (exact) mass is 308 g/mol. The molecule has 116 valence electrons. The average Bonchev–Trinajstić information content (AvgIpc) is 2.97. The summed E-state index contributed by atoms with van der Waals surface area (Å²) < 4.78 is 0. The lowest BCUT2D eigenvalue weighted by atomic mass is 10.2. The smallest absolute Gasteiger partial charge is 0.226 e. The predicted octanol–water partition coefficient (Wildman–Crippen LogP) is 2.75. The minimum atomic E-state index is 0.421. The van der Waals surface area contributed by atoms with E-state index in [1.165, 1.54) is 0 Å². The first-order valence-electron chi connectivity index (χ1n) is 7.34. The van der Waals surface area contributed by atoms with E-state index in [-0.39, 0.29) is 0 Å². The molecule has 2 N–H and O–H groups in total. The Morgan fingerprint density at radius 1 is 1.43 bits per heavy atom. The van der Waals surface area contributed by atoms with Crippen LogP contribution in [-0.2, 0) is 0 Å². The molecule has 0 saturated carbocycles. The summed E-state index contributed by atoms with van der Waals surface area (Å²) in [5.74, 6) is 2.74. The van der Waals surface area contributed by atoms with Crippen LogP contribution in [0.4, 0.5) is 11.8 Å². The van der Waals surface area contributed by atoms with Crippen molar-refractivity contribution < 1.29 is 0 Å². The summed E-state index contributed by atoms with van der Waals surface area (Å²) in [5.41, 5.74) is 0.780. The number of thioether (sulfide) groups is 1. The van der Waals surface area contributed by atoms with Crippen LogP contribution in [0.15, 0.2) is 6.20 Å². The largest absolute Gasteiger partial charge is 0.356 e. The molecule has 2 aromatic rings. The Bertz CT molecular complexity index is 570. The van der Waals surface area contributed by atoms with Gasteiger partial charge in [-0.25, -0.2) is 0 Å². The maximum Gasteiger partial charge on any atom is 0.226 e. The van der Waals surface area contributed by atoms with Gasteiger partial charge in [0.25, 0.3) is 0 Å². The molecule has 0 aliphatic rings. The summed E-state index contributed by atoms with van der Waals surface area (Å²) in [4.78, 5) is 11.4. The molecular formula is C14H24N6S. The fraction of sp³-hybridized carbons (Fsp3) is 0.643. The first-order valence-corrected chi connectivity index (χ1v) is 8.73. The molecule has 2 aromatic heterocycles. The first kappa shape index (κ1) is 15.9. The molecule has 0 aliphatic carbocycles. The van der Waals surface area contributed by atoms with Crippen molar-refractivity contribution >= 4 is 34.6 Å². The fourth-order valence-corrected chi connectivity index (χ4v) is 2.67. The Balaban J connectivity index is 2.29. The van der Waals surface area contributed by atoms with Gasteiger partial charge in [-0.15, -0.1) is 0 Å². The lowest BCUT2D eigenvalue weighted by molar-refractivity contribution is 0.664. The van der Waals surface area contributed by atoms with Crippen molar-refractivity contribution in [1.29, 1.82) is 0 Å². The summed E-state index contributed by atoms with van der Waals surface area (Å²) >= 11 is 1.87. The van der Waals surface area contributed by atoms with Gasteiger partial charge in [0.2, 0.25) is 5.95 Å². The first-order chi connectivity index (χ1) is 10.2. The quantitative estimate of drug-likeness (QED) is 0.781. The van der Waals surface area contributed by atoms with Gasteiger partial charge in [-0.1, -0.05) is 6.92 Å². The Labute approximate surface area is 130 Å². The number of nitrogens with zero attached hydrogens (tertiary/aromatic N) is 4. The zero-order valence-electron chi connectivity index (χ0n) is 13.2. The van der Waals surface area contributed by atoms with E-state index in [1.54, 1.807) is 6.20 Å². The second-order valence-electron chi connectivity index (χ2n) is 5.17. The minimum absolute atomic E-state index is 0.421. The molecule has 0 aromatic carbocycles. The maximum absolute atomic E-state index is 4.68. The topological polar surface area (TPSA) is 69.7 Å². The molecular weight excluding hydrogens is 284 g/mol. The molecule has 0 aliphatic heterocycles. The second-order valence-corrected chi connectivity index (χ2v) is 6.16. The molecule has 0 fully saturated rings. The SMILES string of the molecule is CCCNc1nc(N(C)C(C)CCSC)c2cn[nH]c2n1. The summed E-state index contributed by atoms with van der Waals surface area (Å²) in [6.07, 6.45) is 6.10. The molecule has 0 amide bonds. The standard InChI is InChI=1S/C14H24N6S/c1-5-7-15-14-17-12-11(9-16-19-12)13(18-14)20(3)10(2)6-8-21-4/h9-10H,5-8H2,1-4H3,(H2,15,16,17,18,19). The molecule has 1 atom stereocenters. The summed E-state index contributed by atoms with van der Waals surface area (Å²) in [6, 6.07) is 0.421. The van der Waals surface area contributed by atoms with Gasteiger partial charge in [0.05, 0.1) is 11.6 Å². The van der Waals surface area contributed by atoms with Crippen molar-refractivity contribution in [2.45, 2.75) is 32.7 Å². The molecule has 0 spiro atoms. The third-order valence-corrected chi connectivity index (χ3v) is 4.20. The number of H-pyrrole nitrogens is 1. The normalized spacial score (nSPS) is 12.6. The molecule has 7 heteroatoms. The van der Waals surface area contributed by atoms with Gasteiger partial charge in [0.15, 0.2) is 5.65 Å². The lowest BCUT2D eigenvalue weighted by Gasteiger charge is -2.26. The average molecular weight is 308 g/mol. The van der Waals surface area contributed by atoms with E-state index in [0.29, 0.717) is 12.0 Å². The van der Waals surface area contributed by atoms with Crippen LogP contribution < -0.4 is 10.2 Å². The van der Waals surface area contributed by atoms with Crippen molar-refractivity contribution in [2.75, 3.05) is 35.8 Å². The van der Waals surface area contributed by atoms with Gasteiger partial charge in [-0.05, 0) is 31.8 Å². The fourth-order valence-electron chi connectivity index (χ4n) is 2.10. The minimum Gasteiger partial charge on any atom is -0.356 e. The van der Waals surface area contributed by atoms with E-state index in [0.717, 1.165) is 42.0 Å². The highest BCUT2D eigenvalue weighted by Crippen LogP contribution is 2.25. The van der Waals surface area contributed by atoms with E-state index >= 15 is 0 Å². The van der Waals surface area contributed by atoms with E-state index in [1.807, 2.05) is 11.8 Å². The van der Waals surface area contributed by atoms with Gasteiger partial charge in [0.1, 0.15) is 5.82 Å². The number of aromatic amines is 1. The summed E-state index contributed by atoms with van der Waals surface area (Å²) in [5, 5.41) is 11.3. The Hall–Kier alpha value is -1.50. The highest BCUT2D eigenvalue weighted by Gasteiger charge is 2.17. The van der Waals surface area contributed by atoms with Crippen LogP contribution in [0.5, 0.6) is 0 Å². The van der Waals surface area contributed by atoms with Crippen LogP contribution in [-0.4, -0.2) is 51.8 Å². The Morgan fingerprint density at radius 3 is 2.95 bits per heavy atom. The molecule has 6 nitrogen and oxygen atoms in total. The zero-order chi connectivity index (χ0) is 15.2. The van der Waals surface area contributed by atoms with Crippen molar-refractivity contribution in [1.82, 2.24) is 20.2 Å². The van der Waals surface area contributed by atoms with Crippen LogP contribution in [0, 0.1) is 0 Å². The number of rotatable bonds is 8. The molecule has 2 heterocycles. The van der Waals surface area contributed by atoms with Gasteiger partial charge < -0.3 is 10.2 Å². The van der Waals surface area contributed by atoms with Crippen LogP contribution in [0.1, 0.15) is 26.7 Å². The number of nitrogens with one attached hydrogen (secondary N) is 2. The summed E-state index contributed by atoms with van der Waals surface area (Å²) in [6.45, 7) is 5.22. The zero-order valence-corrected chi connectivity index (χ0v) is 14.0. The van der Waals surface area contributed by atoms with Gasteiger partial charge in [-0.2, -0.15) is 26.8 Å². The van der Waals surface area contributed by atoms with Crippen LogP contribution in [0.25, 0.3) is 11.0 Å². The van der Waals surface area contributed by atoms with Gasteiger partial charge in [0, 0.05) is 19.6 Å². The molecule has 21 heavy (non-hydrogen) atoms. The number of anilines is 2. The molecule has 0 saturated heterocycles. The van der Waals surface area contributed by atoms with Crippen molar-refractivity contribution in [2.24, 2.45) is 0 Å². The number of aromatic nitrogens is 4. The van der Waals surface area contributed by atoms with Crippen LogP contribution in [0.2, 0.25) is 0 Å². The van der Waals surface area contributed by atoms with E-state index in [2.05, 4.69) is 57.5 Å². The Morgan fingerprint density at radius 2 is 2.24 bits per heavy atom. The van der Waals surface area contributed by atoms with Gasteiger partial charge in [-0.3, -0.25) is 5.10 Å². The van der Waals surface area contributed by atoms with Crippen molar-refractivity contribution in [3.05, 3.63) is 6.20 Å². The number of hydrogen-bond acceptors (Lipinski definition) is 6. The second kappa shape index (κ2) is 7.49. The highest BCUT2D eigenvalue weighted by molar-refractivity contribution is 7.98. The summed E-state index contributed by atoms with van der Waals surface area (Å²) in [7, 11) is 2.09. The molecule has 2 rings (SSSR count). The molecule has 0 bridgehead atoms. The third-order valence-electron chi connectivity index (χ3n) is 3.56. The van der Waals surface area contributed by atoms with Crippen molar-refractivity contribution in [3.8, 4) is 0 Å². The number of hydrogen-bond donors (Lipinski definition) is 2. The van der Waals surface area contributed by atoms with E-state index in [9.17, 15) is 0 Å². The van der Waals surface area contributed by atoms with Crippen LogP contribution in [0.3, 0.4) is 0 Å². The Kier molecular flexibility index (Phi) is 5.67. The van der Waals surface area contributed by atoms with Gasteiger partial charge >= 0.3 is 0 Å². The number of fused-ring (bicyclic) bond motifs is 1. The molecule has 0 radical (unpaired) electrons.